The summed E-state index contributed by atoms with van der Waals surface area (Å²) in [6.07, 6.45) is 4.94. The third-order valence-corrected chi connectivity index (χ3v) is 8.00. The molecular formula is C23H31NO3. The van der Waals surface area contributed by atoms with Crippen molar-refractivity contribution < 1.29 is 14.3 Å². The van der Waals surface area contributed by atoms with Gasteiger partial charge in [0.2, 0.25) is 0 Å². The molecule has 5 rings (SSSR count). The highest BCUT2D eigenvalue weighted by atomic mass is 16.6. The summed E-state index contributed by atoms with van der Waals surface area (Å²) in [6, 6.07) is 10.5. The smallest absolute Gasteiger partial charge is 0.311 e. The van der Waals surface area contributed by atoms with Crippen LogP contribution in [0, 0.1) is 23.2 Å². The lowest BCUT2D eigenvalue weighted by Gasteiger charge is -2.49. The Balaban J connectivity index is 1.35. The zero-order valence-electron chi connectivity index (χ0n) is 16.7. The molecule has 4 heteroatoms. The van der Waals surface area contributed by atoms with Gasteiger partial charge in [-0.05, 0) is 37.8 Å². The molecule has 2 heterocycles. The summed E-state index contributed by atoms with van der Waals surface area (Å²) < 4.78 is 12.5. The van der Waals surface area contributed by atoms with Crippen LogP contribution in [0.5, 0.6) is 0 Å². The van der Waals surface area contributed by atoms with Crippen LogP contribution in [0.1, 0.15) is 45.1 Å². The van der Waals surface area contributed by atoms with Crippen LogP contribution < -0.4 is 0 Å². The highest BCUT2D eigenvalue weighted by molar-refractivity contribution is 5.76. The van der Waals surface area contributed by atoms with Gasteiger partial charge in [-0.15, -0.1) is 0 Å². The summed E-state index contributed by atoms with van der Waals surface area (Å²) in [5.41, 5.74) is 1.44. The molecule has 2 saturated carbocycles. The van der Waals surface area contributed by atoms with Gasteiger partial charge in [0.1, 0.15) is 11.7 Å². The number of benzene rings is 1. The number of ether oxygens (including phenoxy) is 2. The van der Waals surface area contributed by atoms with E-state index in [1.807, 2.05) is 6.07 Å². The molecule has 27 heavy (non-hydrogen) atoms. The molecule has 0 N–H and O–H groups in total. The van der Waals surface area contributed by atoms with E-state index in [0.717, 1.165) is 19.5 Å². The van der Waals surface area contributed by atoms with E-state index >= 15 is 0 Å². The molecule has 1 spiro atoms. The number of hydrogen-bond donors (Lipinski definition) is 0. The second-order valence-corrected chi connectivity index (χ2v) is 9.73. The van der Waals surface area contributed by atoms with Crippen LogP contribution in [-0.2, 0) is 20.8 Å². The van der Waals surface area contributed by atoms with Crippen molar-refractivity contribution in [3.05, 3.63) is 35.9 Å². The average molecular weight is 370 g/mol. The maximum absolute atomic E-state index is 12.8. The molecule has 7 atom stereocenters. The second kappa shape index (κ2) is 6.05. The maximum atomic E-state index is 12.8. The zero-order valence-corrected chi connectivity index (χ0v) is 16.7. The van der Waals surface area contributed by atoms with Crippen LogP contribution in [0.4, 0.5) is 0 Å². The van der Waals surface area contributed by atoms with Crippen molar-refractivity contribution >= 4 is 5.97 Å². The minimum atomic E-state index is -0.0632. The van der Waals surface area contributed by atoms with Gasteiger partial charge in [0.05, 0.1) is 12.0 Å². The van der Waals surface area contributed by atoms with Crippen LogP contribution in [-0.4, -0.2) is 42.3 Å². The number of fused-ring (bicyclic) bond motifs is 2. The number of nitrogens with zero attached hydrogens (tertiary/aromatic N) is 1. The maximum Gasteiger partial charge on any atom is 0.311 e. The molecule has 146 valence electrons. The third-order valence-electron chi connectivity index (χ3n) is 8.00. The van der Waals surface area contributed by atoms with Crippen LogP contribution in [0.15, 0.2) is 30.3 Å². The number of epoxide rings is 1. The Kier molecular flexibility index (Phi) is 3.97. The number of hydrogen-bond acceptors (Lipinski definition) is 4. The molecule has 0 amide bonds. The molecule has 4 aliphatic rings. The Morgan fingerprint density at radius 1 is 1.26 bits per heavy atom. The van der Waals surface area contributed by atoms with Crippen molar-refractivity contribution in [3.63, 3.8) is 0 Å². The van der Waals surface area contributed by atoms with E-state index in [9.17, 15) is 4.79 Å². The lowest BCUT2D eigenvalue weighted by Crippen LogP contribution is -2.54. The molecule has 2 aliphatic heterocycles. The summed E-state index contributed by atoms with van der Waals surface area (Å²) in [4.78, 5) is 15.0. The first-order valence-corrected chi connectivity index (χ1v) is 10.6. The Labute approximate surface area is 162 Å². The van der Waals surface area contributed by atoms with Gasteiger partial charge in [0.25, 0.3) is 0 Å². The fourth-order valence-electron chi connectivity index (χ4n) is 6.74. The number of carbonyl (C=O) groups excluding carboxylic acids is 1. The summed E-state index contributed by atoms with van der Waals surface area (Å²) in [7, 11) is 2.10. The molecule has 4 fully saturated rings. The highest BCUT2D eigenvalue weighted by Crippen LogP contribution is 2.70. The molecule has 1 aromatic carbocycles. The van der Waals surface area contributed by atoms with Crippen LogP contribution in [0.2, 0.25) is 0 Å². The van der Waals surface area contributed by atoms with Crippen molar-refractivity contribution in [2.24, 2.45) is 23.2 Å². The first-order valence-electron chi connectivity index (χ1n) is 10.6. The first-order chi connectivity index (χ1) is 12.9. The second-order valence-electron chi connectivity index (χ2n) is 9.73. The molecule has 4 nitrogen and oxygen atoms in total. The minimum absolute atomic E-state index is 0.00333. The van der Waals surface area contributed by atoms with E-state index < -0.39 is 0 Å². The van der Waals surface area contributed by atoms with E-state index in [2.05, 4.69) is 50.1 Å². The predicted octanol–water partition coefficient (Wildman–Crippen LogP) is 3.64. The monoisotopic (exact) mass is 369 g/mol. The van der Waals surface area contributed by atoms with E-state index in [-0.39, 0.29) is 41.0 Å². The summed E-state index contributed by atoms with van der Waals surface area (Å²) in [6.45, 7) is 6.33. The molecular weight excluding hydrogens is 338 g/mol. The predicted molar refractivity (Wildman–Crippen MR) is 103 cm³/mol. The fourth-order valence-corrected chi connectivity index (χ4v) is 6.74. The van der Waals surface area contributed by atoms with E-state index in [0.29, 0.717) is 5.92 Å². The molecule has 2 aliphatic carbocycles. The lowest BCUT2D eigenvalue weighted by molar-refractivity contribution is -0.146. The summed E-state index contributed by atoms with van der Waals surface area (Å²) in [5.74, 6) is 0.738. The van der Waals surface area contributed by atoms with Gasteiger partial charge in [-0.1, -0.05) is 50.6 Å². The number of esters is 1. The highest BCUT2D eigenvalue weighted by Gasteiger charge is 2.78. The van der Waals surface area contributed by atoms with Gasteiger partial charge in [0.15, 0.2) is 0 Å². The van der Waals surface area contributed by atoms with Crippen molar-refractivity contribution in [1.29, 1.82) is 0 Å². The topological polar surface area (TPSA) is 42.1 Å². The van der Waals surface area contributed by atoms with E-state index in [1.165, 1.54) is 24.8 Å². The van der Waals surface area contributed by atoms with Crippen molar-refractivity contribution in [1.82, 2.24) is 4.90 Å². The van der Waals surface area contributed by atoms with Gasteiger partial charge in [-0.3, -0.25) is 4.79 Å². The quantitative estimate of drug-likeness (QED) is 0.600. The van der Waals surface area contributed by atoms with Crippen LogP contribution in [0.25, 0.3) is 0 Å². The summed E-state index contributed by atoms with van der Waals surface area (Å²) >= 11 is 0. The molecule has 0 radical (unpaired) electrons. The van der Waals surface area contributed by atoms with Gasteiger partial charge in [-0.2, -0.15) is 0 Å². The lowest BCUT2D eigenvalue weighted by atomic mass is 9.53. The van der Waals surface area contributed by atoms with E-state index in [4.69, 9.17) is 9.47 Å². The van der Waals surface area contributed by atoms with Crippen molar-refractivity contribution in [3.8, 4) is 0 Å². The van der Waals surface area contributed by atoms with Gasteiger partial charge >= 0.3 is 5.97 Å². The molecule has 0 aromatic heterocycles. The van der Waals surface area contributed by atoms with Crippen molar-refractivity contribution in [2.45, 2.75) is 63.9 Å². The molecule has 0 unspecified atom stereocenters. The van der Waals surface area contributed by atoms with Gasteiger partial charge in [-0.25, -0.2) is 0 Å². The first kappa shape index (κ1) is 17.7. The third kappa shape index (κ3) is 2.52. The molecule has 2 saturated heterocycles. The molecule has 1 aromatic rings. The van der Waals surface area contributed by atoms with Gasteiger partial charge < -0.3 is 14.4 Å². The minimum Gasteiger partial charge on any atom is -0.462 e. The Bertz CT molecular complexity index is 736. The Morgan fingerprint density at radius 3 is 2.81 bits per heavy atom. The SMILES string of the molecule is C[C@@H]1CCC[C@@]2(C)C[C@H]3OC(=O)[C@H](CN(C)Cc4ccccc4)[C@@H]3[C@@H]3O[C@]132. The van der Waals surface area contributed by atoms with Crippen LogP contribution in [0.3, 0.4) is 0 Å². The fraction of sp³-hybridized carbons (Fsp3) is 0.696. The largest absolute Gasteiger partial charge is 0.462 e. The zero-order chi connectivity index (χ0) is 18.8. The van der Waals surface area contributed by atoms with E-state index in [1.54, 1.807) is 0 Å². The van der Waals surface area contributed by atoms with Crippen molar-refractivity contribution in [2.75, 3.05) is 13.6 Å². The molecule has 0 bridgehead atoms. The Hall–Kier alpha value is -1.39. The van der Waals surface area contributed by atoms with Crippen LogP contribution >= 0.6 is 0 Å². The Morgan fingerprint density at radius 2 is 2.04 bits per heavy atom. The number of carbonyl (C=O) groups is 1. The standard InChI is InChI=1S/C23H31NO3/c1-15-8-7-11-22(2)12-18-19(20-23(15,22)27-20)17(21(25)26-18)14-24(3)13-16-9-5-4-6-10-16/h4-6,9-10,15,17-20H,7-8,11-14H2,1-3H3/t15-,17-,18-,19+,20+,22+,23-/m1/s1. The van der Waals surface area contributed by atoms with Gasteiger partial charge in [0, 0.05) is 24.4 Å². The summed E-state index contributed by atoms with van der Waals surface area (Å²) in [5, 5.41) is 0. The number of rotatable bonds is 4. The normalized spacial score (nSPS) is 45.0. The average Bonchev–Trinajstić information content (AvgIpc) is 3.31.